The lowest BCUT2D eigenvalue weighted by molar-refractivity contribution is -0.0998. The summed E-state index contributed by atoms with van der Waals surface area (Å²) in [6.45, 7) is 7.96. The van der Waals surface area contributed by atoms with Gasteiger partial charge >= 0.3 is 0 Å². The molecule has 108 valence electrons. The number of hydrogen-bond donors (Lipinski definition) is 0. The Balaban J connectivity index is 1.57. The van der Waals surface area contributed by atoms with Crippen molar-refractivity contribution < 1.29 is 0 Å². The molecule has 1 heteroatoms. The Hall–Kier alpha value is 0.0649. The Morgan fingerprint density at radius 1 is 0.895 bits per heavy atom. The van der Waals surface area contributed by atoms with Crippen molar-refractivity contribution in [3.05, 3.63) is 0 Å². The van der Waals surface area contributed by atoms with Gasteiger partial charge in [-0.25, -0.2) is 0 Å². The van der Waals surface area contributed by atoms with Gasteiger partial charge in [-0.1, -0.05) is 71.6 Å². The minimum absolute atomic E-state index is 0.183. The summed E-state index contributed by atoms with van der Waals surface area (Å²) in [6, 6.07) is 0. The van der Waals surface area contributed by atoms with Gasteiger partial charge in [0.05, 0.1) is 0 Å². The first-order valence-electron chi connectivity index (χ1n) is 9.31. The van der Waals surface area contributed by atoms with Crippen LogP contribution in [0.25, 0.3) is 0 Å². The molecule has 0 aromatic rings. The third kappa shape index (κ3) is 1.72. The van der Waals surface area contributed by atoms with Gasteiger partial charge in [0, 0.05) is 0 Å². The van der Waals surface area contributed by atoms with Crippen LogP contribution in [0.15, 0.2) is 0 Å². The third-order valence-electron chi connectivity index (χ3n) is 8.90. The molecule has 0 nitrogen and oxygen atoms in total. The van der Waals surface area contributed by atoms with Gasteiger partial charge in [0.2, 0.25) is 0 Å². The van der Waals surface area contributed by atoms with E-state index in [9.17, 15) is 0 Å². The number of hydrogen-bond acceptors (Lipinski definition) is 0. The molecule has 2 aliphatic heterocycles. The van der Waals surface area contributed by atoms with Crippen LogP contribution in [-0.4, -0.2) is 6.71 Å². The van der Waals surface area contributed by atoms with Crippen LogP contribution < -0.4 is 0 Å². The number of rotatable bonds is 1. The summed E-state index contributed by atoms with van der Waals surface area (Å²) in [7, 11) is 0. The van der Waals surface area contributed by atoms with E-state index in [1.807, 2.05) is 0 Å². The van der Waals surface area contributed by atoms with Crippen LogP contribution in [-0.2, 0) is 0 Å². The average molecular weight is 259 g/mol. The van der Waals surface area contributed by atoms with Crippen LogP contribution in [0, 0.1) is 23.2 Å². The molecule has 5 rings (SSSR count). The molecule has 0 radical (unpaired) electrons. The summed E-state index contributed by atoms with van der Waals surface area (Å²) in [5, 5.41) is 0. The molecule has 5 aliphatic rings. The van der Waals surface area contributed by atoms with E-state index in [-0.39, 0.29) is 6.71 Å². The zero-order valence-corrected chi connectivity index (χ0v) is 13.3. The maximum Gasteiger partial charge on any atom is -0.00628 e. The van der Waals surface area contributed by atoms with Crippen molar-refractivity contribution in [2.75, 3.05) is 0 Å². The van der Waals surface area contributed by atoms with E-state index in [0.717, 1.165) is 17.8 Å². The highest BCUT2D eigenvalue weighted by Gasteiger charge is 2.56. The topological polar surface area (TPSA) is 0 Å². The van der Waals surface area contributed by atoms with Gasteiger partial charge in [-0.15, -0.1) is 0 Å². The molecule has 0 spiro atoms. The van der Waals surface area contributed by atoms with Gasteiger partial charge in [0.1, 0.15) is 0 Å². The van der Waals surface area contributed by atoms with E-state index in [0.29, 0.717) is 5.41 Å². The first-order valence-corrected chi connectivity index (χ1v) is 9.31. The van der Waals surface area contributed by atoms with Crippen LogP contribution in [0.1, 0.15) is 72.1 Å². The quantitative estimate of drug-likeness (QED) is 0.553. The zero-order valence-electron chi connectivity index (χ0n) is 13.3. The predicted molar refractivity (Wildman–Crippen MR) is 85.3 cm³/mol. The molecule has 19 heavy (non-hydrogen) atoms. The number of fused-ring (bicyclic) bond motifs is 5. The minimum Gasteiger partial charge on any atom is -0.169 e. The fraction of sp³-hybridized carbons (Fsp3) is 1.00. The minimum atomic E-state index is 0.183. The molecular weight excluding hydrogens is 227 g/mol. The Morgan fingerprint density at radius 3 is 1.95 bits per heavy atom. The van der Waals surface area contributed by atoms with Gasteiger partial charge < -0.3 is 0 Å². The van der Waals surface area contributed by atoms with E-state index in [1.165, 1.54) is 17.5 Å². The summed E-state index contributed by atoms with van der Waals surface area (Å²) >= 11 is 0. The zero-order chi connectivity index (χ0) is 13.2. The van der Waals surface area contributed by atoms with Crippen LogP contribution >= 0.6 is 0 Å². The highest BCUT2D eigenvalue weighted by atomic mass is 14.6. The standard InChI is InChI=1S/C18H32B/c1-12-16-10-13(18(16,2)3)11-17(12)19-14-6-4-7-15(19)9-5-8-14/h12-17,19H,4-11H2,1-3H3/q-1/t12-,13?,14?,15?,16?,17-,19?/m0/s1. The Morgan fingerprint density at radius 2 is 1.47 bits per heavy atom. The van der Waals surface area contributed by atoms with Crippen molar-refractivity contribution in [3.63, 3.8) is 0 Å². The van der Waals surface area contributed by atoms with Gasteiger partial charge in [-0.3, -0.25) is 0 Å². The monoisotopic (exact) mass is 259 g/mol. The van der Waals surface area contributed by atoms with Crippen LogP contribution in [0.4, 0.5) is 0 Å². The van der Waals surface area contributed by atoms with Gasteiger partial charge in [0.25, 0.3) is 0 Å². The van der Waals surface area contributed by atoms with Crippen LogP contribution in [0.3, 0.4) is 0 Å². The fourth-order valence-electron chi connectivity index (χ4n) is 7.83. The molecule has 3 aliphatic carbocycles. The Bertz CT molecular complexity index is 339. The lowest BCUT2D eigenvalue weighted by Gasteiger charge is -2.67. The maximum absolute atomic E-state index is 2.64. The molecular formula is C18H32B-. The highest BCUT2D eigenvalue weighted by molar-refractivity contribution is 6.64. The Labute approximate surface area is 120 Å². The molecule has 2 unspecified atom stereocenters. The van der Waals surface area contributed by atoms with Crippen molar-refractivity contribution in [1.29, 1.82) is 0 Å². The predicted octanol–water partition coefficient (Wildman–Crippen LogP) is 5.39. The first kappa shape index (κ1) is 12.8. The Kier molecular flexibility index (Phi) is 2.88. The van der Waals surface area contributed by atoms with E-state index in [4.69, 9.17) is 0 Å². The summed E-state index contributed by atoms with van der Waals surface area (Å²) in [4.78, 5) is 0. The molecule has 0 N–H and O–H groups in total. The summed E-state index contributed by atoms with van der Waals surface area (Å²) in [5.41, 5.74) is 0.694. The summed E-state index contributed by atoms with van der Waals surface area (Å²) in [6.07, 6.45) is 12.8. The third-order valence-corrected chi connectivity index (χ3v) is 8.90. The van der Waals surface area contributed by atoms with Gasteiger partial charge in [-0.05, 0) is 30.4 Å². The molecule has 2 heterocycles. The highest BCUT2D eigenvalue weighted by Crippen LogP contribution is 2.67. The molecule has 5 fully saturated rings. The van der Waals surface area contributed by atoms with Gasteiger partial charge in [-0.2, -0.15) is 17.5 Å². The molecule has 0 aromatic heterocycles. The molecule has 0 amide bonds. The van der Waals surface area contributed by atoms with Crippen LogP contribution in [0.2, 0.25) is 17.5 Å². The van der Waals surface area contributed by atoms with E-state index >= 15 is 0 Å². The summed E-state index contributed by atoms with van der Waals surface area (Å²) < 4.78 is 0. The molecule has 0 aromatic carbocycles. The largest absolute Gasteiger partial charge is 0.169 e. The summed E-state index contributed by atoms with van der Waals surface area (Å²) in [5.74, 6) is 6.83. The van der Waals surface area contributed by atoms with Crippen molar-refractivity contribution in [1.82, 2.24) is 0 Å². The van der Waals surface area contributed by atoms with Crippen LogP contribution in [0.5, 0.6) is 0 Å². The molecule has 3 saturated carbocycles. The van der Waals surface area contributed by atoms with Crippen molar-refractivity contribution in [2.24, 2.45) is 23.2 Å². The van der Waals surface area contributed by atoms with Crippen molar-refractivity contribution >= 4 is 6.71 Å². The molecule has 4 atom stereocenters. The average Bonchev–Trinajstić information content (AvgIpc) is 2.37. The second-order valence-corrected chi connectivity index (χ2v) is 9.52. The maximum atomic E-state index is 2.64. The van der Waals surface area contributed by atoms with E-state index in [2.05, 4.69) is 20.8 Å². The normalized spacial score (nSPS) is 55.4. The SMILES string of the molecule is C[C@H]1C2CC(C[C@@H]1[BH-]1C3CCCC1CCC3)C2(C)C. The lowest BCUT2D eigenvalue weighted by atomic mass is 9.18. The fourth-order valence-corrected chi connectivity index (χ4v) is 7.83. The van der Waals surface area contributed by atoms with Gasteiger partial charge in [0.15, 0.2) is 0 Å². The second kappa shape index (κ2) is 4.28. The van der Waals surface area contributed by atoms with Crippen molar-refractivity contribution in [3.8, 4) is 0 Å². The van der Waals surface area contributed by atoms with E-state index in [1.54, 1.807) is 51.4 Å². The van der Waals surface area contributed by atoms with E-state index < -0.39 is 0 Å². The first-order chi connectivity index (χ1) is 9.09. The lowest BCUT2D eigenvalue weighted by Crippen LogP contribution is -2.57. The smallest absolute Gasteiger partial charge is 0.00628 e. The second-order valence-electron chi connectivity index (χ2n) is 9.52. The van der Waals surface area contributed by atoms with Crippen molar-refractivity contribution in [2.45, 2.75) is 89.6 Å². The molecule has 2 saturated heterocycles. The molecule has 4 bridgehead atoms.